The summed E-state index contributed by atoms with van der Waals surface area (Å²) >= 11 is 0. The summed E-state index contributed by atoms with van der Waals surface area (Å²) in [6, 6.07) is 6.68. The maximum Gasteiger partial charge on any atom is 0.120 e. The van der Waals surface area contributed by atoms with Crippen LogP contribution in [0.4, 0.5) is 0 Å². The number of aldehydes is 1. The first-order chi connectivity index (χ1) is 8.13. The summed E-state index contributed by atoms with van der Waals surface area (Å²) in [5.41, 5.74) is 4.05. The van der Waals surface area contributed by atoms with E-state index in [2.05, 4.69) is 39.0 Å². The Bertz CT molecular complexity index is 353. The molecule has 0 unspecified atom stereocenters. The third-order valence-corrected chi connectivity index (χ3v) is 3.19. The standard InChI is InChI=1S/C16H24O/c1-13(2)6-4-7-15-10-9-14(3)16(12-15)8-5-11-17/h9-13H,4-8H2,1-3H3. The van der Waals surface area contributed by atoms with E-state index in [1.54, 1.807) is 0 Å². The first-order valence-electron chi connectivity index (χ1n) is 6.65. The van der Waals surface area contributed by atoms with Crippen molar-refractivity contribution < 1.29 is 4.79 Å². The monoisotopic (exact) mass is 232 g/mol. The summed E-state index contributed by atoms with van der Waals surface area (Å²) in [5, 5.41) is 0. The molecule has 0 aliphatic carbocycles. The van der Waals surface area contributed by atoms with Crippen molar-refractivity contribution in [2.24, 2.45) is 5.92 Å². The van der Waals surface area contributed by atoms with Gasteiger partial charge in [-0.2, -0.15) is 0 Å². The molecule has 0 atom stereocenters. The van der Waals surface area contributed by atoms with Gasteiger partial charge in [-0.05, 0) is 48.8 Å². The van der Waals surface area contributed by atoms with Crippen molar-refractivity contribution in [3.05, 3.63) is 34.9 Å². The zero-order valence-electron chi connectivity index (χ0n) is 11.3. The van der Waals surface area contributed by atoms with E-state index in [1.807, 2.05) is 0 Å². The fraction of sp³-hybridized carbons (Fsp3) is 0.562. The highest BCUT2D eigenvalue weighted by Crippen LogP contribution is 2.16. The van der Waals surface area contributed by atoms with E-state index in [0.717, 1.165) is 25.0 Å². The molecule has 1 aromatic rings. The zero-order chi connectivity index (χ0) is 12.7. The lowest BCUT2D eigenvalue weighted by Gasteiger charge is -2.09. The van der Waals surface area contributed by atoms with E-state index in [1.165, 1.54) is 29.5 Å². The predicted octanol–water partition coefficient (Wildman–Crippen LogP) is 4.11. The highest BCUT2D eigenvalue weighted by atomic mass is 16.1. The molecular formula is C16H24O. The lowest BCUT2D eigenvalue weighted by Crippen LogP contribution is -1.95. The number of rotatable bonds is 7. The smallest absolute Gasteiger partial charge is 0.120 e. The molecule has 17 heavy (non-hydrogen) atoms. The van der Waals surface area contributed by atoms with Gasteiger partial charge in [-0.1, -0.05) is 38.5 Å². The number of hydrogen-bond donors (Lipinski definition) is 0. The SMILES string of the molecule is Cc1ccc(CCCC(C)C)cc1CCC=O. The average molecular weight is 232 g/mol. The maximum absolute atomic E-state index is 10.4. The Morgan fingerprint density at radius 2 is 2.00 bits per heavy atom. The molecule has 0 spiro atoms. The Balaban J connectivity index is 2.58. The zero-order valence-corrected chi connectivity index (χ0v) is 11.3. The van der Waals surface area contributed by atoms with Crippen molar-refractivity contribution >= 4 is 6.29 Å². The van der Waals surface area contributed by atoms with E-state index in [4.69, 9.17) is 0 Å². The highest BCUT2D eigenvalue weighted by Gasteiger charge is 2.01. The molecule has 0 heterocycles. The third kappa shape index (κ3) is 5.16. The average Bonchev–Trinajstić information content (AvgIpc) is 2.29. The van der Waals surface area contributed by atoms with Crippen LogP contribution in [0.25, 0.3) is 0 Å². The van der Waals surface area contributed by atoms with Crippen LogP contribution in [0, 0.1) is 12.8 Å². The Kier molecular flexibility index (Phi) is 5.96. The molecule has 0 bridgehead atoms. The van der Waals surface area contributed by atoms with Gasteiger partial charge < -0.3 is 4.79 Å². The molecule has 0 aliphatic rings. The Hall–Kier alpha value is -1.11. The van der Waals surface area contributed by atoms with Crippen LogP contribution in [-0.2, 0) is 17.6 Å². The van der Waals surface area contributed by atoms with Crippen LogP contribution in [0.15, 0.2) is 18.2 Å². The van der Waals surface area contributed by atoms with Crippen LogP contribution in [0.5, 0.6) is 0 Å². The second kappa shape index (κ2) is 7.26. The fourth-order valence-corrected chi connectivity index (χ4v) is 2.08. The van der Waals surface area contributed by atoms with Gasteiger partial charge >= 0.3 is 0 Å². The van der Waals surface area contributed by atoms with Gasteiger partial charge in [0.15, 0.2) is 0 Å². The first-order valence-corrected chi connectivity index (χ1v) is 6.65. The summed E-state index contributed by atoms with van der Waals surface area (Å²) in [6.45, 7) is 6.66. The van der Waals surface area contributed by atoms with E-state index < -0.39 is 0 Å². The molecule has 1 heteroatoms. The minimum absolute atomic E-state index is 0.635. The normalized spacial score (nSPS) is 10.8. The molecular weight excluding hydrogens is 208 g/mol. The predicted molar refractivity (Wildman–Crippen MR) is 73.3 cm³/mol. The van der Waals surface area contributed by atoms with Gasteiger partial charge in [-0.25, -0.2) is 0 Å². The highest BCUT2D eigenvalue weighted by molar-refractivity contribution is 5.50. The summed E-state index contributed by atoms with van der Waals surface area (Å²) in [4.78, 5) is 10.4. The minimum Gasteiger partial charge on any atom is -0.303 e. The summed E-state index contributed by atoms with van der Waals surface area (Å²) in [5.74, 6) is 0.787. The molecule has 0 N–H and O–H groups in total. The van der Waals surface area contributed by atoms with Crippen molar-refractivity contribution in [2.75, 3.05) is 0 Å². The van der Waals surface area contributed by atoms with Gasteiger partial charge in [-0.15, -0.1) is 0 Å². The number of carbonyl (C=O) groups is 1. The van der Waals surface area contributed by atoms with Crippen LogP contribution in [-0.4, -0.2) is 6.29 Å². The molecule has 1 nitrogen and oxygen atoms in total. The van der Waals surface area contributed by atoms with Crippen LogP contribution in [0.2, 0.25) is 0 Å². The van der Waals surface area contributed by atoms with Gasteiger partial charge in [0.2, 0.25) is 0 Å². The second-order valence-electron chi connectivity index (χ2n) is 5.25. The molecule has 0 fully saturated rings. The van der Waals surface area contributed by atoms with E-state index >= 15 is 0 Å². The van der Waals surface area contributed by atoms with Crippen LogP contribution in [0.1, 0.15) is 49.8 Å². The van der Waals surface area contributed by atoms with Crippen LogP contribution in [0.3, 0.4) is 0 Å². The van der Waals surface area contributed by atoms with Crippen molar-refractivity contribution in [2.45, 2.75) is 52.9 Å². The van der Waals surface area contributed by atoms with Gasteiger partial charge in [-0.3, -0.25) is 0 Å². The first kappa shape index (κ1) is 14.0. The number of hydrogen-bond acceptors (Lipinski definition) is 1. The largest absolute Gasteiger partial charge is 0.303 e. The molecule has 1 aromatic carbocycles. The lowest BCUT2D eigenvalue weighted by atomic mass is 9.97. The van der Waals surface area contributed by atoms with Crippen molar-refractivity contribution in [3.8, 4) is 0 Å². The van der Waals surface area contributed by atoms with Gasteiger partial charge in [0.05, 0.1) is 0 Å². The van der Waals surface area contributed by atoms with E-state index in [0.29, 0.717) is 6.42 Å². The number of benzene rings is 1. The maximum atomic E-state index is 10.4. The molecule has 0 radical (unpaired) electrons. The van der Waals surface area contributed by atoms with E-state index in [-0.39, 0.29) is 0 Å². The lowest BCUT2D eigenvalue weighted by molar-refractivity contribution is -0.107. The molecule has 0 amide bonds. The second-order valence-corrected chi connectivity index (χ2v) is 5.25. The molecule has 0 saturated carbocycles. The fourth-order valence-electron chi connectivity index (χ4n) is 2.08. The Morgan fingerprint density at radius 3 is 2.65 bits per heavy atom. The topological polar surface area (TPSA) is 17.1 Å². The van der Waals surface area contributed by atoms with Gasteiger partial charge in [0.1, 0.15) is 6.29 Å². The van der Waals surface area contributed by atoms with Gasteiger partial charge in [0, 0.05) is 6.42 Å². The van der Waals surface area contributed by atoms with Crippen LogP contribution < -0.4 is 0 Å². The molecule has 94 valence electrons. The van der Waals surface area contributed by atoms with Crippen molar-refractivity contribution in [1.29, 1.82) is 0 Å². The van der Waals surface area contributed by atoms with Gasteiger partial charge in [0.25, 0.3) is 0 Å². The summed E-state index contributed by atoms with van der Waals surface area (Å²) in [6.07, 6.45) is 6.23. The third-order valence-electron chi connectivity index (χ3n) is 3.19. The quantitative estimate of drug-likeness (QED) is 0.647. The minimum atomic E-state index is 0.635. The molecule has 1 rings (SSSR count). The number of aryl methyl sites for hydroxylation is 3. The van der Waals surface area contributed by atoms with Crippen LogP contribution >= 0.6 is 0 Å². The Labute approximate surface area is 105 Å². The van der Waals surface area contributed by atoms with Crippen molar-refractivity contribution in [1.82, 2.24) is 0 Å². The summed E-state index contributed by atoms with van der Waals surface area (Å²) < 4.78 is 0. The van der Waals surface area contributed by atoms with E-state index in [9.17, 15) is 4.79 Å². The molecule has 0 saturated heterocycles. The van der Waals surface area contributed by atoms with Crippen molar-refractivity contribution in [3.63, 3.8) is 0 Å². The molecule has 0 aliphatic heterocycles. The molecule has 0 aromatic heterocycles. The summed E-state index contributed by atoms with van der Waals surface area (Å²) in [7, 11) is 0. The number of carbonyl (C=O) groups excluding carboxylic acids is 1. The Morgan fingerprint density at radius 1 is 1.24 bits per heavy atom.